The fraction of sp³-hybridized carbons (Fsp3) is 0.125. The van der Waals surface area contributed by atoms with Crippen molar-refractivity contribution >= 4 is 17.6 Å². The molecule has 2 nitrogen and oxygen atoms in total. The van der Waals surface area contributed by atoms with E-state index in [9.17, 15) is 9.90 Å². The third-order valence-corrected chi connectivity index (χ3v) is 1.64. The first kappa shape index (κ1) is 12.0. The van der Waals surface area contributed by atoms with Gasteiger partial charge in [-0.15, -0.1) is 0 Å². The van der Waals surface area contributed by atoms with E-state index in [1.165, 1.54) is 12.1 Å². The van der Waals surface area contributed by atoms with Gasteiger partial charge in [-0.3, -0.25) is 0 Å². The Labute approximate surface area is 97.8 Å². The maximum absolute atomic E-state index is 10.4. The second-order valence-corrected chi connectivity index (χ2v) is 2.68. The van der Waals surface area contributed by atoms with Crippen molar-refractivity contribution in [2.24, 2.45) is 0 Å². The van der Waals surface area contributed by atoms with Crippen molar-refractivity contribution in [1.29, 1.82) is 0 Å². The molecular formula is C8H6ClNaO2. The second-order valence-electron chi connectivity index (χ2n) is 2.25. The first-order valence-corrected chi connectivity index (χ1v) is 3.46. The van der Waals surface area contributed by atoms with Crippen LogP contribution in [-0.4, -0.2) is 5.97 Å². The average Bonchev–Trinajstić information content (AvgIpc) is 1.85. The Kier molecular flexibility index (Phi) is 4.87. The normalized spacial score (nSPS) is 8.83. The summed E-state index contributed by atoms with van der Waals surface area (Å²) in [6.07, 6.45) is 0. The van der Waals surface area contributed by atoms with E-state index >= 15 is 0 Å². The molecule has 0 radical (unpaired) electrons. The summed E-state index contributed by atoms with van der Waals surface area (Å²) in [7, 11) is 0. The van der Waals surface area contributed by atoms with Gasteiger partial charge in [0.05, 0.1) is 5.97 Å². The van der Waals surface area contributed by atoms with Crippen molar-refractivity contribution in [2.45, 2.75) is 6.92 Å². The van der Waals surface area contributed by atoms with Gasteiger partial charge in [0.15, 0.2) is 0 Å². The van der Waals surface area contributed by atoms with Crippen LogP contribution in [0.15, 0.2) is 18.2 Å². The van der Waals surface area contributed by atoms with E-state index in [2.05, 4.69) is 0 Å². The number of hydrogen-bond donors (Lipinski definition) is 0. The zero-order valence-corrected chi connectivity index (χ0v) is 9.68. The van der Waals surface area contributed by atoms with E-state index in [1.807, 2.05) is 0 Å². The second kappa shape index (κ2) is 4.87. The van der Waals surface area contributed by atoms with Crippen molar-refractivity contribution in [3.8, 4) is 0 Å². The molecule has 0 aliphatic heterocycles. The van der Waals surface area contributed by atoms with Gasteiger partial charge in [0.1, 0.15) is 0 Å². The van der Waals surface area contributed by atoms with E-state index in [4.69, 9.17) is 11.6 Å². The number of hydrogen-bond acceptors (Lipinski definition) is 2. The van der Waals surface area contributed by atoms with E-state index in [0.29, 0.717) is 10.6 Å². The molecule has 0 aliphatic rings. The Morgan fingerprint density at radius 1 is 1.50 bits per heavy atom. The monoisotopic (exact) mass is 192 g/mol. The van der Waals surface area contributed by atoms with Gasteiger partial charge in [-0.2, -0.15) is 0 Å². The van der Waals surface area contributed by atoms with E-state index in [0.717, 1.165) is 0 Å². The van der Waals surface area contributed by atoms with Crippen LogP contribution in [-0.2, 0) is 0 Å². The summed E-state index contributed by atoms with van der Waals surface area (Å²) >= 11 is 5.61. The van der Waals surface area contributed by atoms with Crippen LogP contribution in [0.25, 0.3) is 0 Å². The number of carbonyl (C=O) groups excluding carboxylic acids is 1. The Balaban J connectivity index is 0.00000121. The van der Waals surface area contributed by atoms with Crippen LogP contribution in [0.1, 0.15) is 15.9 Å². The summed E-state index contributed by atoms with van der Waals surface area (Å²) in [6, 6.07) is 4.55. The number of carbonyl (C=O) groups is 1. The molecule has 0 aliphatic carbocycles. The van der Waals surface area contributed by atoms with Crippen LogP contribution in [0.2, 0.25) is 5.02 Å². The molecule has 0 N–H and O–H groups in total. The number of carboxylic acids is 1. The molecule has 0 saturated carbocycles. The fourth-order valence-electron chi connectivity index (χ4n) is 0.856. The van der Waals surface area contributed by atoms with Crippen LogP contribution in [0, 0.1) is 6.92 Å². The van der Waals surface area contributed by atoms with Crippen LogP contribution >= 0.6 is 11.6 Å². The zero-order valence-electron chi connectivity index (χ0n) is 6.93. The van der Waals surface area contributed by atoms with Gasteiger partial charge in [-0.25, -0.2) is 0 Å². The maximum Gasteiger partial charge on any atom is 1.00 e. The molecule has 0 bridgehead atoms. The molecule has 0 spiro atoms. The molecule has 0 heterocycles. The van der Waals surface area contributed by atoms with E-state index in [1.54, 1.807) is 13.0 Å². The molecule has 0 saturated heterocycles. The van der Waals surface area contributed by atoms with Gasteiger partial charge in [-0.1, -0.05) is 17.7 Å². The fourth-order valence-corrected chi connectivity index (χ4v) is 1.08. The number of benzene rings is 1. The average molecular weight is 193 g/mol. The Morgan fingerprint density at radius 3 is 2.50 bits per heavy atom. The third-order valence-electron chi connectivity index (χ3n) is 1.41. The molecule has 0 aromatic heterocycles. The molecule has 58 valence electrons. The zero-order chi connectivity index (χ0) is 8.43. The first-order chi connectivity index (χ1) is 5.11. The van der Waals surface area contributed by atoms with Gasteiger partial charge in [0.25, 0.3) is 0 Å². The molecule has 1 rings (SSSR count). The van der Waals surface area contributed by atoms with Crippen molar-refractivity contribution in [2.75, 3.05) is 0 Å². The molecule has 12 heavy (non-hydrogen) atoms. The summed E-state index contributed by atoms with van der Waals surface area (Å²) in [5.74, 6) is -1.17. The predicted octanol–water partition coefficient (Wildman–Crippen LogP) is -1.98. The molecule has 0 fully saturated rings. The Morgan fingerprint density at radius 2 is 2.08 bits per heavy atom. The van der Waals surface area contributed by atoms with Gasteiger partial charge in [0, 0.05) is 10.6 Å². The number of aryl methyl sites for hydroxylation is 1. The summed E-state index contributed by atoms with van der Waals surface area (Å²) in [5, 5.41) is 10.9. The van der Waals surface area contributed by atoms with Crippen LogP contribution in [0.4, 0.5) is 0 Å². The molecule has 0 atom stereocenters. The van der Waals surface area contributed by atoms with Crippen molar-refractivity contribution < 1.29 is 39.5 Å². The number of halogens is 1. The SMILES string of the molecule is Cc1cc(Cl)ccc1C(=O)[O-].[Na+]. The smallest absolute Gasteiger partial charge is 0.545 e. The third kappa shape index (κ3) is 2.79. The largest absolute Gasteiger partial charge is 1.00 e. The Bertz CT molecular complexity index is 299. The van der Waals surface area contributed by atoms with Gasteiger partial charge in [0.2, 0.25) is 0 Å². The minimum Gasteiger partial charge on any atom is -0.545 e. The maximum atomic E-state index is 10.4. The number of rotatable bonds is 1. The molecule has 1 aromatic carbocycles. The van der Waals surface area contributed by atoms with Gasteiger partial charge in [-0.05, 0) is 24.6 Å². The topological polar surface area (TPSA) is 40.1 Å². The number of aromatic carboxylic acids is 1. The number of carboxylic acid groups (broad SMARTS) is 1. The van der Waals surface area contributed by atoms with E-state index < -0.39 is 5.97 Å². The standard InChI is InChI=1S/C8H7ClO2.Na/c1-5-4-6(9)2-3-7(5)8(10)11;/h2-4H,1H3,(H,10,11);/q;+1/p-1. The molecular weight excluding hydrogens is 187 g/mol. The van der Waals surface area contributed by atoms with Crippen LogP contribution in [0.3, 0.4) is 0 Å². The van der Waals surface area contributed by atoms with Crippen molar-refractivity contribution in [1.82, 2.24) is 0 Å². The van der Waals surface area contributed by atoms with Gasteiger partial charge < -0.3 is 9.90 Å². The first-order valence-electron chi connectivity index (χ1n) is 3.09. The predicted molar refractivity (Wildman–Crippen MR) is 40.5 cm³/mol. The van der Waals surface area contributed by atoms with Gasteiger partial charge >= 0.3 is 29.6 Å². The Hall–Kier alpha value is -0.0200. The quantitative estimate of drug-likeness (QED) is 0.484. The van der Waals surface area contributed by atoms with Crippen LogP contribution in [0.5, 0.6) is 0 Å². The minimum atomic E-state index is -1.17. The molecule has 0 unspecified atom stereocenters. The minimum absolute atomic E-state index is 0. The van der Waals surface area contributed by atoms with Crippen molar-refractivity contribution in [3.63, 3.8) is 0 Å². The summed E-state index contributed by atoms with van der Waals surface area (Å²) in [6.45, 7) is 1.68. The van der Waals surface area contributed by atoms with Crippen LogP contribution < -0.4 is 34.7 Å². The summed E-state index contributed by atoms with van der Waals surface area (Å²) < 4.78 is 0. The van der Waals surface area contributed by atoms with Crippen molar-refractivity contribution in [3.05, 3.63) is 34.3 Å². The summed E-state index contributed by atoms with van der Waals surface area (Å²) in [5.41, 5.74) is 0.812. The van der Waals surface area contributed by atoms with E-state index in [-0.39, 0.29) is 35.1 Å². The summed E-state index contributed by atoms with van der Waals surface area (Å²) in [4.78, 5) is 10.4. The molecule has 4 heteroatoms. The molecule has 1 aromatic rings. The molecule has 0 amide bonds.